The Morgan fingerprint density at radius 2 is 1.75 bits per heavy atom. The van der Waals surface area contributed by atoms with Gasteiger partial charge in [0.1, 0.15) is 5.75 Å². The van der Waals surface area contributed by atoms with Crippen LogP contribution in [-0.4, -0.2) is 18.9 Å². The Labute approximate surface area is 117 Å². The molecule has 1 aromatic rings. The molecule has 1 aromatic carbocycles. The van der Waals surface area contributed by atoms with Crippen molar-refractivity contribution in [1.29, 1.82) is 0 Å². The lowest BCUT2D eigenvalue weighted by Crippen LogP contribution is -2.32. The van der Waals surface area contributed by atoms with Gasteiger partial charge in [0.2, 0.25) is 11.8 Å². The van der Waals surface area contributed by atoms with Crippen LogP contribution in [0, 0.1) is 23.7 Å². The Morgan fingerprint density at radius 3 is 2.35 bits per heavy atom. The van der Waals surface area contributed by atoms with Crippen molar-refractivity contribution in [1.82, 2.24) is 0 Å². The van der Waals surface area contributed by atoms with Gasteiger partial charge >= 0.3 is 0 Å². The van der Waals surface area contributed by atoms with Crippen LogP contribution >= 0.6 is 0 Å². The van der Waals surface area contributed by atoms with E-state index in [1.165, 1.54) is 4.90 Å². The zero-order valence-electron chi connectivity index (χ0n) is 11.2. The minimum atomic E-state index is -0.149. The van der Waals surface area contributed by atoms with Gasteiger partial charge in [0.05, 0.1) is 24.6 Å². The van der Waals surface area contributed by atoms with E-state index >= 15 is 0 Å². The van der Waals surface area contributed by atoms with Gasteiger partial charge in [-0.1, -0.05) is 18.2 Å². The first-order valence-corrected chi connectivity index (χ1v) is 6.91. The Hall–Kier alpha value is -2.10. The summed E-state index contributed by atoms with van der Waals surface area (Å²) in [7, 11) is 1.58. The summed E-state index contributed by atoms with van der Waals surface area (Å²) in [5.41, 5.74) is 0.619. The Morgan fingerprint density at radius 1 is 1.10 bits per heavy atom. The number of nitrogens with zero attached hydrogens (tertiary/aromatic N) is 1. The fraction of sp³-hybridized carbons (Fsp3) is 0.375. The number of fused-ring (bicyclic) bond motifs is 5. The van der Waals surface area contributed by atoms with Crippen molar-refractivity contribution < 1.29 is 14.3 Å². The number of carbonyl (C=O) groups excluding carboxylic acids is 2. The molecule has 2 bridgehead atoms. The normalized spacial score (nSPS) is 34.0. The number of benzene rings is 1. The number of ether oxygens (including phenoxy) is 1. The number of anilines is 1. The van der Waals surface area contributed by atoms with Crippen molar-refractivity contribution in [2.24, 2.45) is 23.7 Å². The van der Waals surface area contributed by atoms with Crippen LogP contribution in [0.2, 0.25) is 0 Å². The summed E-state index contributed by atoms with van der Waals surface area (Å²) in [6, 6.07) is 7.14. The van der Waals surface area contributed by atoms with Gasteiger partial charge in [-0.15, -0.1) is 0 Å². The van der Waals surface area contributed by atoms with E-state index in [1.807, 2.05) is 0 Å². The first kappa shape index (κ1) is 11.7. The van der Waals surface area contributed by atoms with Gasteiger partial charge in [-0.25, -0.2) is 4.90 Å². The lowest BCUT2D eigenvalue weighted by molar-refractivity contribution is -0.123. The third-order valence-electron chi connectivity index (χ3n) is 4.78. The van der Waals surface area contributed by atoms with Crippen molar-refractivity contribution in [3.8, 4) is 5.75 Å². The number of hydrogen-bond acceptors (Lipinski definition) is 3. The van der Waals surface area contributed by atoms with Gasteiger partial charge in [-0.2, -0.15) is 0 Å². The molecule has 20 heavy (non-hydrogen) atoms. The molecule has 0 spiro atoms. The minimum Gasteiger partial charge on any atom is -0.497 e. The fourth-order valence-corrected chi connectivity index (χ4v) is 3.91. The standard InChI is InChI=1S/C16H15NO3/c1-20-12-4-2-3-11(8-12)17-15(18)13-9-5-6-10(7-9)14(13)16(17)19/h2-6,8-10,13-14H,7H2,1H3/t9-,10-,13+,14+/m1/s1. The van der Waals surface area contributed by atoms with E-state index in [0.717, 1.165) is 6.42 Å². The van der Waals surface area contributed by atoms with Crippen molar-refractivity contribution in [2.75, 3.05) is 12.0 Å². The van der Waals surface area contributed by atoms with E-state index in [4.69, 9.17) is 4.74 Å². The van der Waals surface area contributed by atoms with Crippen LogP contribution in [-0.2, 0) is 9.59 Å². The first-order chi connectivity index (χ1) is 9.70. The van der Waals surface area contributed by atoms with Gasteiger partial charge in [0.15, 0.2) is 0 Å². The summed E-state index contributed by atoms with van der Waals surface area (Å²) in [6.45, 7) is 0. The van der Waals surface area contributed by atoms with Gasteiger partial charge in [-0.3, -0.25) is 9.59 Å². The van der Waals surface area contributed by atoms with Crippen molar-refractivity contribution in [3.63, 3.8) is 0 Å². The van der Waals surface area contributed by atoms with Gasteiger partial charge < -0.3 is 4.74 Å². The van der Waals surface area contributed by atoms with Crippen LogP contribution in [0.25, 0.3) is 0 Å². The number of allylic oxidation sites excluding steroid dienone is 2. The highest BCUT2D eigenvalue weighted by molar-refractivity contribution is 6.22. The van der Waals surface area contributed by atoms with E-state index in [2.05, 4.69) is 12.2 Å². The molecule has 4 rings (SSSR count). The Balaban J connectivity index is 1.74. The van der Waals surface area contributed by atoms with Crippen LogP contribution in [0.4, 0.5) is 5.69 Å². The van der Waals surface area contributed by atoms with Gasteiger partial charge in [-0.05, 0) is 30.4 Å². The number of methoxy groups -OCH3 is 1. The predicted molar refractivity (Wildman–Crippen MR) is 73.2 cm³/mol. The molecule has 102 valence electrons. The fourth-order valence-electron chi connectivity index (χ4n) is 3.91. The van der Waals surface area contributed by atoms with Crippen LogP contribution in [0.3, 0.4) is 0 Å². The van der Waals surface area contributed by atoms with E-state index in [9.17, 15) is 9.59 Å². The van der Waals surface area contributed by atoms with E-state index < -0.39 is 0 Å². The third-order valence-corrected chi connectivity index (χ3v) is 4.78. The highest BCUT2D eigenvalue weighted by Crippen LogP contribution is 2.53. The second-order valence-corrected chi connectivity index (χ2v) is 5.71. The van der Waals surface area contributed by atoms with Crippen LogP contribution < -0.4 is 9.64 Å². The van der Waals surface area contributed by atoms with Gasteiger partial charge in [0.25, 0.3) is 0 Å². The maximum absolute atomic E-state index is 12.6. The molecular weight excluding hydrogens is 254 g/mol. The molecule has 4 atom stereocenters. The molecule has 2 amide bonds. The van der Waals surface area contributed by atoms with Crippen molar-refractivity contribution >= 4 is 17.5 Å². The van der Waals surface area contributed by atoms with E-state index in [0.29, 0.717) is 11.4 Å². The lowest BCUT2D eigenvalue weighted by atomic mass is 9.85. The number of rotatable bonds is 2. The van der Waals surface area contributed by atoms with Crippen LogP contribution in [0.1, 0.15) is 6.42 Å². The molecule has 2 aliphatic carbocycles. The topological polar surface area (TPSA) is 46.6 Å². The summed E-state index contributed by atoms with van der Waals surface area (Å²) in [6.07, 6.45) is 5.16. The van der Waals surface area contributed by atoms with Crippen LogP contribution in [0.5, 0.6) is 5.75 Å². The molecule has 1 saturated carbocycles. The molecule has 0 aromatic heterocycles. The molecular formula is C16H15NO3. The zero-order chi connectivity index (χ0) is 13.9. The van der Waals surface area contributed by atoms with Crippen molar-refractivity contribution in [2.45, 2.75) is 6.42 Å². The number of carbonyl (C=O) groups is 2. The smallest absolute Gasteiger partial charge is 0.238 e. The predicted octanol–water partition coefficient (Wildman–Crippen LogP) is 2.01. The third kappa shape index (κ3) is 1.36. The maximum Gasteiger partial charge on any atom is 0.238 e. The monoisotopic (exact) mass is 269 g/mol. The average Bonchev–Trinajstić information content (AvgIpc) is 3.13. The summed E-state index contributed by atoms with van der Waals surface area (Å²) < 4.78 is 5.17. The van der Waals surface area contributed by atoms with Gasteiger partial charge in [0, 0.05) is 6.07 Å². The molecule has 0 N–H and O–H groups in total. The molecule has 2 fully saturated rings. The molecule has 1 aliphatic heterocycles. The summed E-state index contributed by atoms with van der Waals surface area (Å²) in [4.78, 5) is 26.6. The average molecular weight is 269 g/mol. The van der Waals surface area contributed by atoms with E-state index in [1.54, 1.807) is 31.4 Å². The summed E-state index contributed by atoms with van der Waals surface area (Å²) in [5.74, 6) is 0.748. The Kier molecular flexibility index (Phi) is 2.31. The second kappa shape index (κ2) is 3.95. The highest BCUT2D eigenvalue weighted by atomic mass is 16.5. The second-order valence-electron chi connectivity index (χ2n) is 5.71. The molecule has 1 saturated heterocycles. The summed E-state index contributed by atoms with van der Waals surface area (Å²) >= 11 is 0. The number of amides is 2. The lowest BCUT2D eigenvalue weighted by Gasteiger charge is -2.17. The molecule has 0 unspecified atom stereocenters. The number of imide groups is 1. The minimum absolute atomic E-state index is 0.0508. The first-order valence-electron chi connectivity index (χ1n) is 6.91. The van der Waals surface area contributed by atoms with E-state index in [-0.39, 0.29) is 35.5 Å². The summed E-state index contributed by atoms with van der Waals surface area (Å²) in [5, 5.41) is 0. The molecule has 1 heterocycles. The van der Waals surface area contributed by atoms with Crippen molar-refractivity contribution in [3.05, 3.63) is 36.4 Å². The SMILES string of the molecule is COc1cccc(N2C(=O)[C@@H]3[C@@H](C2=O)[C@@H]2C=C[C@@H]3C2)c1. The van der Waals surface area contributed by atoms with Crippen LogP contribution in [0.15, 0.2) is 36.4 Å². The number of hydrogen-bond donors (Lipinski definition) is 0. The molecule has 4 heteroatoms. The molecule has 4 nitrogen and oxygen atoms in total. The molecule has 3 aliphatic rings. The highest BCUT2D eigenvalue weighted by Gasteiger charge is 2.59. The quantitative estimate of drug-likeness (QED) is 0.609. The maximum atomic E-state index is 12.6. The largest absolute Gasteiger partial charge is 0.497 e. The molecule has 0 radical (unpaired) electrons. The Bertz CT molecular complexity index is 606. The zero-order valence-corrected chi connectivity index (χ0v) is 11.2.